The van der Waals surface area contributed by atoms with E-state index >= 15 is 0 Å². The van der Waals surface area contributed by atoms with Crippen LogP contribution < -0.4 is 0 Å². The number of esters is 1. The Kier molecular flexibility index (Phi) is 9.55. The molecule has 1 fully saturated rings. The van der Waals surface area contributed by atoms with Gasteiger partial charge in [0.15, 0.2) is 0 Å². The van der Waals surface area contributed by atoms with Crippen LogP contribution in [0.25, 0.3) is 0 Å². The SMILES string of the molecule is CCCCCCC[C@]1(C#N)CC[C@H](OC(=O)c2ccc(CCCC)cc2)CC1. The molecule has 0 aliphatic heterocycles. The molecule has 1 aliphatic rings. The molecule has 2 rings (SSSR count). The Morgan fingerprint density at radius 1 is 1.04 bits per heavy atom. The summed E-state index contributed by atoms with van der Waals surface area (Å²) in [7, 11) is 0. The Morgan fingerprint density at radius 2 is 1.68 bits per heavy atom. The number of ether oxygens (including phenoxy) is 1. The number of nitrogens with zero attached hydrogens (tertiary/aromatic N) is 1. The number of aryl methyl sites for hydroxylation is 1. The number of benzene rings is 1. The van der Waals surface area contributed by atoms with Crippen LogP contribution in [0.1, 0.15) is 107 Å². The second-order valence-corrected chi connectivity index (χ2v) is 8.46. The average molecular weight is 384 g/mol. The summed E-state index contributed by atoms with van der Waals surface area (Å²) in [5.74, 6) is -0.226. The number of unbranched alkanes of at least 4 members (excludes halogenated alkanes) is 5. The fourth-order valence-corrected chi connectivity index (χ4v) is 4.15. The molecule has 3 nitrogen and oxygen atoms in total. The van der Waals surface area contributed by atoms with Gasteiger partial charge in [-0.25, -0.2) is 4.79 Å². The van der Waals surface area contributed by atoms with E-state index < -0.39 is 0 Å². The van der Waals surface area contributed by atoms with Gasteiger partial charge in [-0.3, -0.25) is 0 Å². The van der Waals surface area contributed by atoms with Crippen LogP contribution in [0.15, 0.2) is 24.3 Å². The Bertz CT molecular complexity index is 621. The first-order chi connectivity index (χ1) is 13.6. The Hall–Kier alpha value is -1.82. The summed E-state index contributed by atoms with van der Waals surface area (Å²) in [4.78, 5) is 12.5. The highest BCUT2D eigenvalue weighted by molar-refractivity contribution is 5.89. The van der Waals surface area contributed by atoms with Gasteiger partial charge in [0, 0.05) is 0 Å². The smallest absolute Gasteiger partial charge is 0.338 e. The molecular weight excluding hydrogens is 346 g/mol. The summed E-state index contributed by atoms with van der Waals surface area (Å²) in [6.07, 6.45) is 13.9. The summed E-state index contributed by atoms with van der Waals surface area (Å²) < 4.78 is 5.75. The third kappa shape index (κ3) is 6.97. The zero-order chi connectivity index (χ0) is 20.2. The normalized spacial score (nSPS) is 21.8. The summed E-state index contributed by atoms with van der Waals surface area (Å²) in [6.45, 7) is 4.41. The van der Waals surface area contributed by atoms with E-state index in [1.807, 2.05) is 24.3 Å². The van der Waals surface area contributed by atoms with E-state index in [0.717, 1.165) is 44.9 Å². The van der Waals surface area contributed by atoms with Crippen LogP contribution in [0.2, 0.25) is 0 Å². The van der Waals surface area contributed by atoms with Crippen molar-refractivity contribution < 1.29 is 9.53 Å². The van der Waals surface area contributed by atoms with Gasteiger partial charge in [-0.2, -0.15) is 5.26 Å². The van der Waals surface area contributed by atoms with Crippen molar-refractivity contribution in [3.8, 4) is 6.07 Å². The van der Waals surface area contributed by atoms with Crippen LogP contribution in [-0.2, 0) is 11.2 Å². The van der Waals surface area contributed by atoms with Gasteiger partial charge in [-0.1, -0.05) is 64.5 Å². The fraction of sp³-hybridized carbons (Fsp3) is 0.680. The fourth-order valence-electron chi connectivity index (χ4n) is 4.15. The second-order valence-electron chi connectivity index (χ2n) is 8.46. The molecule has 0 radical (unpaired) electrons. The molecule has 0 saturated heterocycles. The first kappa shape index (κ1) is 22.5. The van der Waals surface area contributed by atoms with E-state index in [4.69, 9.17) is 4.74 Å². The molecule has 0 N–H and O–H groups in total. The number of nitriles is 1. The van der Waals surface area contributed by atoms with Gasteiger partial charge in [0.1, 0.15) is 6.10 Å². The Labute approximate surface area is 171 Å². The zero-order valence-electron chi connectivity index (χ0n) is 17.8. The molecule has 3 heteroatoms. The summed E-state index contributed by atoms with van der Waals surface area (Å²) >= 11 is 0. The lowest BCUT2D eigenvalue weighted by molar-refractivity contribution is 0.0105. The lowest BCUT2D eigenvalue weighted by Gasteiger charge is -2.34. The minimum atomic E-state index is -0.226. The number of carbonyl (C=O) groups excluding carboxylic acids is 1. The highest BCUT2D eigenvalue weighted by atomic mass is 16.5. The van der Waals surface area contributed by atoms with Gasteiger partial charge >= 0.3 is 5.97 Å². The van der Waals surface area contributed by atoms with Crippen molar-refractivity contribution in [2.75, 3.05) is 0 Å². The van der Waals surface area contributed by atoms with Crippen LogP contribution in [0.3, 0.4) is 0 Å². The predicted molar refractivity (Wildman–Crippen MR) is 114 cm³/mol. The molecule has 28 heavy (non-hydrogen) atoms. The van der Waals surface area contributed by atoms with Crippen molar-refractivity contribution in [2.45, 2.75) is 103 Å². The molecule has 0 amide bonds. The third-order valence-electron chi connectivity index (χ3n) is 6.17. The highest BCUT2D eigenvalue weighted by Gasteiger charge is 2.36. The molecule has 0 spiro atoms. The van der Waals surface area contributed by atoms with E-state index in [-0.39, 0.29) is 17.5 Å². The van der Waals surface area contributed by atoms with E-state index in [0.29, 0.717) is 5.56 Å². The average Bonchev–Trinajstić information content (AvgIpc) is 2.74. The van der Waals surface area contributed by atoms with Gasteiger partial charge < -0.3 is 4.74 Å². The van der Waals surface area contributed by atoms with Gasteiger partial charge in [-0.15, -0.1) is 0 Å². The molecular formula is C25H37NO2. The van der Waals surface area contributed by atoms with Crippen LogP contribution in [0.5, 0.6) is 0 Å². The number of hydrogen-bond acceptors (Lipinski definition) is 3. The first-order valence-corrected chi connectivity index (χ1v) is 11.3. The van der Waals surface area contributed by atoms with Crippen LogP contribution >= 0.6 is 0 Å². The van der Waals surface area contributed by atoms with Crippen molar-refractivity contribution in [1.29, 1.82) is 5.26 Å². The van der Waals surface area contributed by atoms with Crippen LogP contribution in [0.4, 0.5) is 0 Å². The van der Waals surface area contributed by atoms with Gasteiger partial charge in [-0.05, 0) is 62.6 Å². The summed E-state index contributed by atoms with van der Waals surface area (Å²) in [5.41, 5.74) is 1.71. The van der Waals surface area contributed by atoms with Crippen molar-refractivity contribution >= 4 is 5.97 Å². The molecule has 1 aromatic rings. The minimum Gasteiger partial charge on any atom is -0.459 e. The van der Waals surface area contributed by atoms with Gasteiger partial charge in [0.25, 0.3) is 0 Å². The van der Waals surface area contributed by atoms with Crippen molar-refractivity contribution in [3.63, 3.8) is 0 Å². The topological polar surface area (TPSA) is 50.1 Å². The van der Waals surface area contributed by atoms with Gasteiger partial charge in [0.2, 0.25) is 0 Å². The number of hydrogen-bond donors (Lipinski definition) is 0. The molecule has 0 bridgehead atoms. The lowest BCUT2D eigenvalue weighted by Crippen LogP contribution is -2.31. The molecule has 1 aromatic carbocycles. The van der Waals surface area contributed by atoms with E-state index in [9.17, 15) is 10.1 Å². The largest absolute Gasteiger partial charge is 0.459 e. The maximum atomic E-state index is 12.5. The molecule has 0 atom stereocenters. The monoisotopic (exact) mass is 383 g/mol. The van der Waals surface area contributed by atoms with Crippen molar-refractivity contribution in [2.24, 2.45) is 5.41 Å². The quantitative estimate of drug-likeness (QED) is 0.305. The maximum absolute atomic E-state index is 12.5. The predicted octanol–water partition coefficient (Wildman–Crippen LogP) is 7.00. The molecule has 1 saturated carbocycles. The molecule has 0 heterocycles. The first-order valence-electron chi connectivity index (χ1n) is 11.3. The summed E-state index contributed by atoms with van der Waals surface area (Å²) in [5, 5.41) is 9.72. The Morgan fingerprint density at radius 3 is 2.29 bits per heavy atom. The van der Waals surface area contributed by atoms with E-state index in [1.165, 1.54) is 44.1 Å². The van der Waals surface area contributed by atoms with Crippen LogP contribution in [0, 0.1) is 16.7 Å². The van der Waals surface area contributed by atoms with Crippen molar-refractivity contribution in [1.82, 2.24) is 0 Å². The standard InChI is InChI=1S/C25H37NO2/c1-3-5-7-8-9-17-25(20-26)18-15-23(16-19-25)28-24(27)22-13-11-21(12-14-22)10-6-4-2/h11-14,23H,3-10,15-19H2,1-2H3/t23-,25-. The molecule has 1 aliphatic carbocycles. The maximum Gasteiger partial charge on any atom is 0.338 e. The Balaban J connectivity index is 1.77. The van der Waals surface area contributed by atoms with Gasteiger partial charge in [0.05, 0.1) is 17.0 Å². The zero-order valence-corrected chi connectivity index (χ0v) is 17.8. The van der Waals surface area contributed by atoms with E-state index in [2.05, 4.69) is 19.9 Å². The highest BCUT2D eigenvalue weighted by Crippen LogP contribution is 2.41. The minimum absolute atomic E-state index is 0.0474. The molecule has 0 aromatic heterocycles. The number of rotatable bonds is 11. The molecule has 0 unspecified atom stereocenters. The lowest BCUT2D eigenvalue weighted by atomic mass is 9.71. The third-order valence-corrected chi connectivity index (χ3v) is 6.17. The van der Waals surface area contributed by atoms with Crippen LogP contribution in [-0.4, -0.2) is 12.1 Å². The molecule has 154 valence electrons. The van der Waals surface area contributed by atoms with E-state index in [1.54, 1.807) is 0 Å². The van der Waals surface area contributed by atoms with Crippen molar-refractivity contribution in [3.05, 3.63) is 35.4 Å². The summed E-state index contributed by atoms with van der Waals surface area (Å²) in [6, 6.07) is 10.4. The number of carbonyl (C=O) groups is 1. The second kappa shape index (κ2) is 11.9.